The van der Waals surface area contributed by atoms with E-state index >= 15 is 0 Å². The average Bonchev–Trinajstić information content (AvgIpc) is 2.63. The standard InChI is InChI=1S/C11H20N4O5/c1-5(17)14-8(4-16)6-2-11(20,9(18)19)3-7(6)15-10(12)13/h6-8,16,20H,2-4H2,1H3,(H,14,17)(H,18,19)(H4,12,13,15). The SMILES string of the molecule is CC(=O)NC(CO)C1CC(O)(C(=O)O)CC1N=C(N)N. The molecule has 1 aliphatic carbocycles. The highest BCUT2D eigenvalue weighted by molar-refractivity contribution is 5.79. The van der Waals surface area contributed by atoms with Gasteiger partial charge in [0.2, 0.25) is 5.91 Å². The van der Waals surface area contributed by atoms with Gasteiger partial charge in [0.15, 0.2) is 11.6 Å². The zero-order chi connectivity index (χ0) is 15.5. The Morgan fingerprint density at radius 3 is 2.45 bits per heavy atom. The Kier molecular flexibility index (Phi) is 4.90. The highest BCUT2D eigenvalue weighted by atomic mass is 16.4. The fourth-order valence-electron chi connectivity index (χ4n) is 2.57. The number of rotatable bonds is 5. The number of nitrogens with one attached hydrogen (secondary N) is 1. The van der Waals surface area contributed by atoms with E-state index in [0.717, 1.165) is 0 Å². The number of nitrogens with two attached hydrogens (primary N) is 2. The molecule has 114 valence electrons. The molecule has 1 aliphatic rings. The number of aliphatic carboxylic acids is 1. The molecule has 4 atom stereocenters. The largest absolute Gasteiger partial charge is 0.479 e. The quantitative estimate of drug-likeness (QED) is 0.237. The maximum atomic E-state index is 11.1. The lowest BCUT2D eigenvalue weighted by Gasteiger charge is -2.25. The van der Waals surface area contributed by atoms with Crippen LogP contribution in [0.15, 0.2) is 4.99 Å². The van der Waals surface area contributed by atoms with Gasteiger partial charge in [0.25, 0.3) is 0 Å². The number of guanidine groups is 1. The molecule has 8 N–H and O–H groups in total. The van der Waals surface area contributed by atoms with Crippen molar-refractivity contribution in [3.05, 3.63) is 0 Å². The zero-order valence-electron chi connectivity index (χ0n) is 11.1. The molecule has 0 aromatic carbocycles. The van der Waals surface area contributed by atoms with Crippen LogP contribution in [0, 0.1) is 5.92 Å². The molecule has 1 rings (SSSR count). The first kappa shape index (κ1) is 16.2. The van der Waals surface area contributed by atoms with Gasteiger partial charge in [-0.2, -0.15) is 0 Å². The number of nitrogens with zero attached hydrogens (tertiary/aromatic N) is 1. The van der Waals surface area contributed by atoms with Gasteiger partial charge in [0.05, 0.1) is 18.7 Å². The highest BCUT2D eigenvalue weighted by Crippen LogP contribution is 2.39. The summed E-state index contributed by atoms with van der Waals surface area (Å²) in [6.07, 6.45) is -0.337. The van der Waals surface area contributed by atoms with Gasteiger partial charge >= 0.3 is 5.97 Å². The van der Waals surface area contributed by atoms with Gasteiger partial charge in [-0.1, -0.05) is 0 Å². The van der Waals surface area contributed by atoms with Crippen molar-refractivity contribution in [3.8, 4) is 0 Å². The molecule has 1 amide bonds. The molecule has 0 bridgehead atoms. The second-order valence-electron chi connectivity index (χ2n) is 5.02. The molecule has 20 heavy (non-hydrogen) atoms. The molecular formula is C11H20N4O5. The first-order valence-corrected chi connectivity index (χ1v) is 6.12. The van der Waals surface area contributed by atoms with Crippen LogP contribution < -0.4 is 16.8 Å². The Hall–Kier alpha value is -1.87. The maximum absolute atomic E-state index is 11.1. The fraction of sp³-hybridized carbons (Fsp3) is 0.727. The van der Waals surface area contributed by atoms with E-state index in [2.05, 4.69) is 10.3 Å². The Morgan fingerprint density at radius 1 is 1.45 bits per heavy atom. The summed E-state index contributed by atoms with van der Waals surface area (Å²) in [5.41, 5.74) is 8.61. The van der Waals surface area contributed by atoms with E-state index in [9.17, 15) is 19.8 Å². The van der Waals surface area contributed by atoms with Gasteiger partial charge in [-0.15, -0.1) is 0 Å². The van der Waals surface area contributed by atoms with Crippen LogP contribution in [0.3, 0.4) is 0 Å². The van der Waals surface area contributed by atoms with Gasteiger partial charge in [-0.05, 0) is 6.42 Å². The Bertz CT molecular complexity index is 423. The summed E-state index contributed by atoms with van der Waals surface area (Å²) in [6, 6.07) is -1.42. The summed E-state index contributed by atoms with van der Waals surface area (Å²) >= 11 is 0. The number of carboxylic acid groups (broad SMARTS) is 1. The molecule has 0 aromatic heterocycles. The minimum absolute atomic E-state index is 0.157. The summed E-state index contributed by atoms with van der Waals surface area (Å²) in [7, 11) is 0. The summed E-state index contributed by atoms with van der Waals surface area (Å²) in [5.74, 6) is -2.57. The molecule has 4 unspecified atom stereocenters. The van der Waals surface area contributed by atoms with Crippen molar-refractivity contribution in [3.63, 3.8) is 0 Å². The van der Waals surface area contributed by atoms with E-state index in [1.807, 2.05) is 0 Å². The maximum Gasteiger partial charge on any atom is 0.335 e. The molecule has 0 radical (unpaired) electrons. The lowest BCUT2D eigenvalue weighted by atomic mass is 9.93. The molecule has 0 saturated heterocycles. The van der Waals surface area contributed by atoms with Gasteiger partial charge < -0.3 is 32.1 Å². The normalized spacial score (nSPS) is 30.6. The number of carbonyl (C=O) groups is 2. The Balaban J connectivity index is 3.02. The van der Waals surface area contributed by atoms with E-state index in [1.54, 1.807) is 0 Å². The Morgan fingerprint density at radius 2 is 2.05 bits per heavy atom. The first-order chi connectivity index (χ1) is 9.19. The molecule has 9 nitrogen and oxygen atoms in total. The van der Waals surface area contributed by atoms with Crippen LogP contribution in [0.25, 0.3) is 0 Å². The van der Waals surface area contributed by atoms with E-state index in [-0.39, 0.29) is 24.7 Å². The average molecular weight is 288 g/mol. The van der Waals surface area contributed by atoms with Crippen LogP contribution in [0.4, 0.5) is 0 Å². The van der Waals surface area contributed by atoms with E-state index in [4.69, 9.17) is 16.6 Å². The second-order valence-corrected chi connectivity index (χ2v) is 5.02. The lowest BCUT2D eigenvalue weighted by Crippen LogP contribution is -2.45. The van der Waals surface area contributed by atoms with E-state index in [1.165, 1.54) is 6.92 Å². The molecule has 0 heterocycles. The Labute approximate surface area is 115 Å². The third-order valence-corrected chi connectivity index (χ3v) is 3.43. The monoisotopic (exact) mass is 288 g/mol. The van der Waals surface area contributed by atoms with Gasteiger partial charge in [0.1, 0.15) is 0 Å². The summed E-state index contributed by atoms with van der Waals surface area (Å²) < 4.78 is 0. The fourth-order valence-corrected chi connectivity index (χ4v) is 2.57. The lowest BCUT2D eigenvalue weighted by molar-refractivity contribution is -0.158. The number of amides is 1. The predicted octanol–water partition coefficient (Wildman–Crippen LogP) is -2.65. The van der Waals surface area contributed by atoms with Crippen LogP contribution in [-0.4, -0.2) is 57.4 Å². The molecule has 1 saturated carbocycles. The van der Waals surface area contributed by atoms with E-state index in [0.29, 0.717) is 0 Å². The molecule has 9 heteroatoms. The van der Waals surface area contributed by atoms with Crippen molar-refractivity contribution in [2.45, 2.75) is 37.5 Å². The van der Waals surface area contributed by atoms with Crippen LogP contribution in [0.5, 0.6) is 0 Å². The number of carboxylic acids is 1. The zero-order valence-corrected chi connectivity index (χ0v) is 11.1. The van der Waals surface area contributed by atoms with Crippen molar-refractivity contribution in [1.29, 1.82) is 0 Å². The summed E-state index contributed by atoms with van der Waals surface area (Å²) in [6.45, 7) is 0.868. The van der Waals surface area contributed by atoms with Gasteiger partial charge in [-0.25, -0.2) is 9.79 Å². The van der Waals surface area contributed by atoms with Crippen molar-refractivity contribution in [1.82, 2.24) is 5.32 Å². The summed E-state index contributed by atoms with van der Waals surface area (Å²) in [4.78, 5) is 26.1. The van der Waals surface area contributed by atoms with Crippen molar-refractivity contribution < 1.29 is 24.9 Å². The van der Waals surface area contributed by atoms with Crippen molar-refractivity contribution >= 4 is 17.8 Å². The van der Waals surface area contributed by atoms with Crippen LogP contribution in [0.1, 0.15) is 19.8 Å². The summed E-state index contributed by atoms with van der Waals surface area (Å²) in [5, 5.41) is 31.0. The van der Waals surface area contributed by atoms with Crippen LogP contribution >= 0.6 is 0 Å². The molecule has 0 spiro atoms. The number of aliphatic imine (C=N–C) groups is 1. The smallest absolute Gasteiger partial charge is 0.335 e. The number of aliphatic hydroxyl groups excluding tert-OH is 1. The third-order valence-electron chi connectivity index (χ3n) is 3.43. The number of carbonyl (C=O) groups excluding carboxylic acids is 1. The van der Waals surface area contributed by atoms with E-state index < -0.39 is 36.2 Å². The first-order valence-electron chi connectivity index (χ1n) is 6.12. The molecule has 0 aromatic rings. The molecular weight excluding hydrogens is 268 g/mol. The number of hydrogen-bond acceptors (Lipinski definition) is 5. The van der Waals surface area contributed by atoms with Crippen LogP contribution in [0.2, 0.25) is 0 Å². The molecule has 1 fully saturated rings. The van der Waals surface area contributed by atoms with Crippen molar-refractivity contribution in [2.75, 3.05) is 6.61 Å². The number of aliphatic hydroxyl groups is 2. The highest BCUT2D eigenvalue weighted by Gasteiger charge is 2.51. The molecule has 0 aliphatic heterocycles. The van der Waals surface area contributed by atoms with Gasteiger partial charge in [0, 0.05) is 19.3 Å². The van der Waals surface area contributed by atoms with Crippen LogP contribution in [-0.2, 0) is 9.59 Å². The third kappa shape index (κ3) is 3.58. The van der Waals surface area contributed by atoms with Crippen molar-refractivity contribution in [2.24, 2.45) is 22.4 Å². The predicted molar refractivity (Wildman–Crippen MR) is 69.6 cm³/mol. The van der Waals surface area contributed by atoms with Gasteiger partial charge in [-0.3, -0.25) is 4.79 Å². The number of hydrogen-bond donors (Lipinski definition) is 6. The second kappa shape index (κ2) is 6.06. The topological polar surface area (TPSA) is 171 Å². The minimum atomic E-state index is -1.97. The minimum Gasteiger partial charge on any atom is -0.479 e.